The summed E-state index contributed by atoms with van der Waals surface area (Å²) < 4.78 is 7.15. The van der Waals surface area contributed by atoms with E-state index in [9.17, 15) is 5.26 Å². The minimum Gasteiger partial charge on any atom is -0.375 e. The Hall–Kier alpha value is -1.34. The minimum absolute atomic E-state index is 0.150. The van der Waals surface area contributed by atoms with Gasteiger partial charge in [0, 0.05) is 12.0 Å². The first-order valence-corrected chi connectivity index (χ1v) is 5.13. The third-order valence-electron chi connectivity index (χ3n) is 2.54. The van der Waals surface area contributed by atoms with Crippen molar-refractivity contribution in [2.75, 3.05) is 6.61 Å². The van der Waals surface area contributed by atoms with Crippen LogP contribution in [0.3, 0.4) is 0 Å². The van der Waals surface area contributed by atoms with E-state index < -0.39 is 0 Å². The second kappa shape index (κ2) is 3.35. The number of nitrogens with zero attached hydrogens (tertiary/aromatic N) is 3. The predicted molar refractivity (Wildman–Crippen MR) is 55.3 cm³/mol. The maximum absolute atomic E-state index is 9.18. The number of rotatable bonds is 0. The Bertz CT molecular complexity index is 420. The van der Waals surface area contributed by atoms with Gasteiger partial charge in [-0.25, -0.2) is 4.68 Å². The fourth-order valence-electron chi connectivity index (χ4n) is 1.82. The zero-order valence-electron chi connectivity index (χ0n) is 9.37. The Kier molecular flexibility index (Phi) is 2.28. The van der Waals surface area contributed by atoms with Crippen LogP contribution in [-0.4, -0.2) is 16.4 Å². The lowest BCUT2D eigenvalue weighted by Crippen LogP contribution is -2.24. The highest BCUT2D eigenvalue weighted by atomic mass is 16.5. The molecule has 2 heterocycles. The molecule has 0 N–H and O–H groups in total. The first-order chi connectivity index (χ1) is 7.04. The predicted octanol–water partition coefficient (Wildman–Crippen LogP) is 1.58. The van der Waals surface area contributed by atoms with E-state index in [1.807, 2.05) is 25.5 Å². The maximum Gasteiger partial charge on any atom is 0.142 e. The van der Waals surface area contributed by atoms with E-state index in [4.69, 9.17) is 4.74 Å². The first-order valence-electron chi connectivity index (χ1n) is 5.13. The average Bonchev–Trinajstić information content (AvgIpc) is 2.55. The van der Waals surface area contributed by atoms with Gasteiger partial charge in [0.25, 0.3) is 0 Å². The van der Waals surface area contributed by atoms with E-state index in [1.165, 1.54) is 0 Å². The molecule has 0 unspecified atom stereocenters. The molecule has 1 aliphatic rings. The van der Waals surface area contributed by atoms with E-state index >= 15 is 0 Å². The molecule has 1 aromatic heterocycles. The van der Waals surface area contributed by atoms with E-state index in [0.717, 1.165) is 17.7 Å². The number of hydrogen-bond acceptors (Lipinski definition) is 3. The Morgan fingerprint density at radius 3 is 2.80 bits per heavy atom. The van der Waals surface area contributed by atoms with Crippen LogP contribution in [0, 0.1) is 11.3 Å². The van der Waals surface area contributed by atoms with Gasteiger partial charge >= 0.3 is 0 Å². The van der Waals surface area contributed by atoms with Crippen LogP contribution in [0.15, 0.2) is 0 Å². The summed E-state index contributed by atoms with van der Waals surface area (Å²) in [6, 6.07) is 2.26. The Labute approximate surface area is 89.5 Å². The molecule has 1 aliphatic heterocycles. The molecule has 15 heavy (non-hydrogen) atoms. The molecular weight excluding hydrogens is 190 g/mol. The lowest BCUT2D eigenvalue weighted by Gasteiger charge is -2.20. The van der Waals surface area contributed by atoms with Crippen molar-refractivity contribution >= 4 is 0 Å². The molecule has 4 heteroatoms. The summed E-state index contributed by atoms with van der Waals surface area (Å²) in [7, 11) is 0. The molecule has 4 nitrogen and oxygen atoms in total. The molecule has 80 valence electrons. The van der Waals surface area contributed by atoms with Gasteiger partial charge in [0.15, 0.2) is 0 Å². The third kappa shape index (κ3) is 1.64. The molecule has 2 rings (SSSR count). The first kappa shape index (κ1) is 10.2. The van der Waals surface area contributed by atoms with Crippen LogP contribution in [0.4, 0.5) is 0 Å². The molecular formula is C11H15N3O. The maximum atomic E-state index is 9.18. The Morgan fingerprint density at radius 2 is 2.20 bits per heavy atom. The highest BCUT2D eigenvalue weighted by Crippen LogP contribution is 2.24. The number of hydrogen-bond donors (Lipinski definition) is 0. The van der Waals surface area contributed by atoms with Gasteiger partial charge in [0.1, 0.15) is 11.8 Å². The van der Waals surface area contributed by atoms with Crippen LogP contribution in [0.1, 0.15) is 37.7 Å². The second-order valence-corrected chi connectivity index (χ2v) is 4.77. The van der Waals surface area contributed by atoms with Crippen LogP contribution >= 0.6 is 0 Å². The van der Waals surface area contributed by atoms with Gasteiger partial charge in [-0.3, -0.25) is 0 Å². The highest BCUT2D eigenvalue weighted by molar-refractivity contribution is 5.37. The largest absolute Gasteiger partial charge is 0.375 e. The van der Waals surface area contributed by atoms with Gasteiger partial charge in [-0.2, -0.15) is 10.4 Å². The number of nitriles is 1. The zero-order chi connectivity index (χ0) is 11.1. The normalized spacial score (nSPS) is 15.9. The summed E-state index contributed by atoms with van der Waals surface area (Å²) in [5.41, 5.74) is 2.54. The van der Waals surface area contributed by atoms with Crippen molar-refractivity contribution < 1.29 is 4.74 Å². The van der Waals surface area contributed by atoms with Crippen molar-refractivity contribution in [3.63, 3.8) is 0 Å². The fourth-order valence-corrected chi connectivity index (χ4v) is 1.82. The molecule has 0 aromatic carbocycles. The van der Waals surface area contributed by atoms with E-state index in [-0.39, 0.29) is 5.54 Å². The van der Waals surface area contributed by atoms with Gasteiger partial charge in [-0.15, -0.1) is 0 Å². The van der Waals surface area contributed by atoms with Crippen LogP contribution in [0.2, 0.25) is 0 Å². The van der Waals surface area contributed by atoms with Crippen molar-refractivity contribution in [2.24, 2.45) is 0 Å². The lowest BCUT2D eigenvalue weighted by molar-refractivity contribution is 0.107. The number of fused-ring (bicyclic) bond motifs is 1. The molecule has 0 radical (unpaired) electrons. The quantitative estimate of drug-likeness (QED) is 0.646. The molecule has 0 saturated heterocycles. The van der Waals surface area contributed by atoms with Crippen LogP contribution < -0.4 is 0 Å². The monoisotopic (exact) mass is 205 g/mol. The summed E-state index contributed by atoms with van der Waals surface area (Å²) in [4.78, 5) is 0. The minimum atomic E-state index is -0.150. The molecule has 0 saturated carbocycles. The third-order valence-corrected chi connectivity index (χ3v) is 2.54. The Morgan fingerprint density at radius 1 is 1.47 bits per heavy atom. The van der Waals surface area contributed by atoms with Crippen molar-refractivity contribution in [1.82, 2.24) is 9.78 Å². The molecule has 0 atom stereocenters. The van der Waals surface area contributed by atoms with Gasteiger partial charge in [-0.05, 0) is 20.8 Å². The molecule has 0 amide bonds. The van der Waals surface area contributed by atoms with Crippen molar-refractivity contribution in [1.29, 1.82) is 5.26 Å². The van der Waals surface area contributed by atoms with Gasteiger partial charge in [0.2, 0.25) is 0 Å². The summed E-state index contributed by atoms with van der Waals surface area (Å²) in [6.07, 6.45) is 0.800. The molecule has 1 aromatic rings. The molecule has 0 spiro atoms. The van der Waals surface area contributed by atoms with E-state index in [2.05, 4.69) is 11.2 Å². The highest BCUT2D eigenvalue weighted by Gasteiger charge is 2.26. The smallest absolute Gasteiger partial charge is 0.142 e. The molecule has 0 bridgehead atoms. The van der Waals surface area contributed by atoms with Crippen molar-refractivity contribution in [2.45, 2.75) is 39.3 Å². The van der Waals surface area contributed by atoms with Gasteiger partial charge < -0.3 is 4.74 Å². The van der Waals surface area contributed by atoms with E-state index in [1.54, 1.807) is 0 Å². The Balaban J connectivity index is 2.58. The van der Waals surface area contributed by atoms with E-state index in [0.29, 0.717) is 18.9 Å². The van der Waals surface area contributed by atoms with Gasteiger partial charge in [-0.1, -0.05) is 0 Å². The summed E-state index contributed by atoms with van der Waals surface area (Å²) in [5.74, 6) is 0. The topological polar surface area (TPSA) is 50.8 Å². The molecule has 0 aliphatic carbocycles. The number of ether oxygens (including phenoxy) is 1. The van der Waals surface area contributed by atoms with Crippen LogP contribution in [-0.2, 0) is 23.3 Å². The van der Waals surface area contributed by atoms with Crippen LogP contribution in [0.5, 0.6) is 0 Å². The standard InChI is InChI=1S/C11H15N3O/c1-11(2,3)14-10(6-12)8-4-5-15-7-9(8)13-14/h4-5,7H2,1-3H3. The zero-order valence-corrected chi connectivity index (χ0v) is 9.37. The summed E-state index contributed by atoms with van der Waals surface area (Å²) in [6.45, 7) is 7.37. The second-order valence-electron chi connectivity index (χ2n) is 4.77. The fraction of sp³-hybridized carbons (Fsp3) is 0.636. The lowest BCUT2D eigenvalue weighted by atomic mass is 10.1. The number of aromatic nitrogens is 2. The SMILES string of the molecule is CC(C)(C)n1nc2c(c1C#N)CCOC2. The summed E-state index contributed by atoms with van der Waals surface area (Å²) in [5, 5.41) is 13.6. The average molecular weight is 205 g/mol. The van der Waals surface area contributed by atoms with Gasteiger partial charge in [0.05, 0.1) is 24.4 Å². The van der Waals surface area contributed by atoms with Crippen molar-refractivity contribution in [3.05, 3.63) is 17.0 Å². The molecule has 0 fully saturated rings. The van der Waals surface area contributed by atoms with Crippen LogP contribution in [0.25, 0.3) is 0 Å². The van der Waals surface area contributed by atoms with Crippen molar-refractivity contribution in [3.8, 4) is 6.07 Å². The summed E-state index contributed by atoms with van der Waals surface area (Å²) >= 11 is 0.